The van der Waals surface area contributed by atoms with Crippen LogP contribution in [0, 0.1) is 0 Å². The van der Waals surface area contributed by atoms with Crippen molar-refractivity contribution in [2.24, 2.45) is 0 Å². The molecule has 8 nitrogen and oxygen atoms in total. The van der Waals surface area contributed by atoms with Gasteiger partial charge in [-0.1, -0.05) is 23.7 Å². The molecule has 0 atom stereocenters. The first kappa shape index (κ1) is 20.7. The smallest absolute Gasteiger partial charge is 0.257 e. The predicted molar refractivity (Wildman–Crippen MR) is 109 cm³/mol. The minimum atomic E-state index is -3.71. The molecule has 0 aliphatic heterocycles. The summed E-state index contributed by atoms with van der Waals surface area (Å²) in [5.41, 5.74) is 0.926. The Kier molecular flexibility index (Phi) is 5.83. The van der Waals surface area contributed by atoms with Gasteiger partial charge in [-0.15, -0.1) is 0 Å². The number of nitrogens with zero attached hydrogens (tertiary/aromatic N) is 3. The number of phenolic OH excluding ortho intramolecular Hbond substituents is 1. The molecule has 0 saturated carbocycles. The lowest BCUT2D eigenvalue weighted by molar-refractivity contribution is 0.102. The van der Waals surface area contributed by atoms with Crippen molar-refractivity contribution in [3.63, 3.8) is 0 Å². The van der Waals surface area contributed by atoms with Gasteiger partial charge in [-0.3, -0.25) is 4.79 Å². The van der Waals surface area contributed by atoms with Crippen molar-refractivity contribution in [3.05, 3.63) is 65.4 Å². The Labute approximate surface area is 172 Å². The molecule has 0 fully saturated rings. The minimum absolute atomic E-state index is 0.00616. The van der Waals surface area contributed by atoms with E-state index in [0.29, 0.717) is 17.1 Å². The summed E-state index contributed by atoms with van der Waals surface area (Å²) in [4.78, 5) is 20.9. The number of carbonyl (C=O) groups is 1. The number of aromatic hydroxyl groups is 1. The predicted octanol–water partition coefficient (Wildman–Crippen LogP) is 3.01. The lowest BCUT2D eigenvalue weighted by Crippen LogP contribution is -2.23. The van der Waals surface area contributed by atoms with Crippen molar-refractivity contribution in [1.29, 1.82) is 0 Å². The summed E-state index contributed by atoms with van der Waals surface area (Å²) in [5, 5.41) is 12.2. The fourth-order valence-corrected chi connectivity index (χ4v) is 3.57. The number of sulfonamides is 1. The third kappa shape index (κ3) is 4.53. The van der Waals surface area contributed by atoms with Crippen LogP contribution in [0.1, 0.15) is 10.4 Å². The van der Waals surface area contributed by atoms with Gasteiger partial charge in [-0.25, -0.2) is 22.7 Å². The Morgan fingerprint density at radius 1 is 1.10 bits per heavy atom. The molecule has 1 heterocycles. The number of anilines is 1. The van der Waals surface area contributed by atoms with E-state index in [1.807, 2.05) is 0 Å². The van der Waals surface area contributed by atoms with Crippen LogP contribution >= 0.6 is 11.6 Å². The van der Waals surface area contributed by atoms with Crippen LogP contribution in [0.25, 0.3) is 11.4 Å². The molecule has 29 heavy (non-hydrogen) atoms. The van der Waals surface area contributed by atoms with Gasteiger partial charge >= 0.3 is 0 Å². The molecule has 0 unspecified atom stereocenters. The van der Waals surface area contributed by atoms with Crippen LogP contribution in [-0.4, -0.2) is 47.8 Å². The molecule has 1 amide bonds. The van der Waals surface area contributed by atoms with Crippen LogP contribution in [0.4, 0.5) is 5.69 Å². The fourth-order valence-electron chi connectivity index (χ4n) is 2.43. The maximum atomic E-state index is 12.6. The van der Waals surface area contributed by atoms with Gasteiger partial charge in [-0.2, -0.15) is 0 Å². The van der Waals surface area contributed by atoms with Crippen molar-refractivity contribution in [2.75, 3.05) is 19.4 Å². The van der Waals surface area contributed by atoms with Crippen LogP contribution in [0.5, 0.6) is 5.75 Å². The van der Waals surface area contributed by atoms with E-state index in [0.717, 1.165) is 4.31 Å². The summed E-state index contributed by atoms with van der Waals surface area (Å²) in [7, 11) is -0.917. The van der Waals surface area contributed by atoms with Crippen LogP contribution in [-0.2, 0) is 10.0 Å². The number of phenols is 1. The molecule has 0 radical (unpaired) electrons. The second-order valence-electron chi connectivity index (χ2n) is 6.23. The Morgan fingerprint density at radius 2 is 1.79 bits per heavy atom. The molecular formula is C19H17ClN4O4S. The van der Waals surface area contributed by atoms with E-state index in [9.17, 15) is 18.3 Å². The van der Waals surface area contributed by atoms with Gasteiger partial charge in [0, 0.05) is 19.7 Å². The third-order valence-corrected chi connectivity index (χ3v) is 6.12. The molecule has 3 aromatic rings. The maximum absolute atomic E-state index is 12.6. The molecule has 2 aromatic carbocycles. The number of hydrogen-bond acceptors (Lipinski definition) is 6. The van der Waals surface area contributed by atoms with Crippen LogP contribution in [0.2, 0.25) is 5.02 Å². The second kappa shape index (κ2) is 8.16. The molecule has 0 saturated heterocycles. The first-order valence-electron chi connectivity index (χ1n) is 8.33. The molecule has 0 spiro atoms. The average Bonchev–Trinajstić information content (AvgIpc) is 2.68. The van der Waals surface area contributed by atoms with Gasteiger partial charge in [0.2, 0.25) is 10.0 Å². The van der Waals surface area contributed by atoms with Crippen molar-refractivity contribution < 1.29 is 18.3 Å². The fraction of sp³-hybridized carbons (Fsp3) is 0.105. The third-order valence-electron chi connectivity index (χ3n) is 3.98. The Bertz CT molecular complexity index is 1170. The van der Waals surface area contributed by atoms with Gasteiger partial charge in [0.1, 0.15) is 5.75 Å². The summed E-state index contributed by atoms with van der Waals surface area (Å²) in [5.74, 6) is -0.138. The van der Waals surface area contributed by atoms with Gasteiger partial charge in [-0.05, 0) is 30.3 Å². The van der Waals surface area contributed by atoms with Crippen molar-refractivity contribution in [2.45, 2.75) is 4.90 Å². The molecule has 1 aromatic heterocycles. The van der Waals surface area contributed by atoms with Crippen LogP contribution in [0.3, 0.4) is 0 Å². The summed E-state index contributed by atoms with van der Waals surface area (Å²) in [6.07, 6.45) is 2.80. The van der Waals surface area contributed by atoms with E-state index in [-0.39, 0.29) is 21.2 Å². The first-order chi connectivity index (χ1) is 13.7. The van der Waals surface area contributed by atoms with Gasteiger partial charge in [0.05, 0.1) is 33.6 Å². The zero-order valence-electron chi connectivity index (χ0n) is 15.5. The largest absolute Gasteiger partial charge is 0.508 e. The van der Waals surface area contributed by atoms with Crippen LogP contribution in [0.15, 0.2) is 59.8 Å². The number of halogens is 1. The Hall–Kier alpha value is -3.01. The lowest BCUT2D eigenvalue weighted by atomic mass is 10.2. The Balaban J connectivity index is 1.83. The summed E-state index contributed by atoms with van der Waals surface area (Å²) < 4.78 is 25.6. The maximum Gasteiger partial charge on any atom is 0.257 e. The van der Waals surface area contributed by atoms with Crippen LogP contribution < -0.4 is 5.32 Å². The lowest BCUT2D eigenvalue weighted by Gasteiger charge is -2.13. The molecule has 150 valence electrons. The zero-order valence-corrected chi connectivity index (χ0v) is 17.1. The molecule has 2 N–H and O–H groups in total. The highest BCUT2D eigenvalue weighted by molar-refractivity contribution is 7.89. The summed E-state index contributed by atoms with van der Waals surface area (Å²) >= 11 is 6.08. The standard InChI is InChI=1S/C19H17ClN4O4S/c1-24(2)29(27,28)15-6-7-17(20)16(9-15)19(26)23-13-10-21-18(22-11-13)12-4-3-5-14(25)8-12/h3-11,25H,1-2H3,(H,23,26). The molecule has 0 aliphatic rings. The van der Waals surface area contributed by atoms with Crippen molar-refractivity contribution in [3.8, 4) is 17.1 Å². The molecule has 0 bridgehead atoms. The van der Waals surface area contributed by atoms with E-state index in [1.54, 1.807) is 12.1 Å². The number of amides is 1. The van der Waals surface area contributed by atoms with E-state index in [2.05, 4.69) is 15.3 Å². The molecule has 10 heteroatoms. The van der Waals surface area contributed by atoms with Crippen molar-refractivity contribution >= 4 is 33.2 Å². The highest BCUT2D eigenvalue weighted by Gasteiger charge is 2.21. The van der Waals surface area contributed by atoms with E-state index < -0.39 is 15.9 Å². The highest BCUT2D eigenvalue weighted by atomic mass is 35.5. The quantitative estimate of drug-likeness (QED) is 0.640. The SMILES string of the molecule is CN(C)S(=O)(=O)c1ccc(Cl)c(C(=O)Nc2cnc(-c3cccc(O)c3)nc2)c1. The van der Waals surface area contributed by atoms with E-state index in [4.69, 9.17) is 11.6 Å². The topological polar surface area (TPSA) is 112 Å². The highest BCUT2D eigenvalue weighted by Crippen LogP contribution is 2.24. The van der Waals surface area contributed by atoms with E-state index >= 15 is 0 Å². The van der Waals surface area contributed by atoms with Gasteiger partial charge in [0.15, 0.2) is 5.82 Å². The molecule has 3 rings (SSSR count). The average molecular weight is 433 g/mol. The first-order valence-corrected chi connectivity index (χ1v) is 10.1. The second-order valence-corrected chi connectivity index (χ2v) is 8.79. The summed E-state index contributed by atoms with van der Waals surface area (Å²) in [6.45, 7) is 0. The van der Waals surface area contributed by atoms with Crippen molar-refractivity contribution in [1.82, 2.24) is 14.3 Å². The number of carbonyl (C=O) groups excluding carboxylic acids is 1. The molecular weight excluding hydrogens is 416 g/mol. The number of aromatic nitrogens is 2. The normalized spacial score (nSPS) is 11.4. The number of nitrogens with one attached hydrogen (secondary N) is 1. The van der Waals surface area contributed by atoms with Gasteiger partial charge in [0.25, 0.3) is 5.91 Å². The number of hydrogen-bond donors (Lipinski definition) is 2. The van der Waals surface area contributed by atoms with Gasteiger partial charge < -0.3 is 10.4 Å². The molecule has 0 aliphatic carbocycles. The Morgan fingerprint density at radius 3 is 2.41 bits per heavy atom. The monoisotopic (exact) mass is 432 g/mol. The number of benzene rings is 2. The van der Waals surface area contributed by atoms with E-state index in [1.165, 1.54) is 56.8 Å². The number of rotatable bonds is 5. The minimum Gasteiger partial charge on any atom is -0.508 e. The summed E-state index contributed by atoms with van der Waals surface area (Å²) in [6, 6.07) is 10.4. The zero-order chi connectivity index (χ0) is 21.2.